The summed E-state index contributed by atoms with van der Waals surface area (Å²) >= 11 is 0. The molecule has 0 fully saturated rings. The first kappa shape index (κ1) is 20.6. The van der Waals surface area contributed by atoms with Crippen molar-refractivity contribution in [3.8, 4) is 17.2 Å². The van der Waals surface area contributed by atoms with E-state index in [9.17, 15) is 4.79 Å². The third-order valence-corrected chi connectivity index (χ3v) is 3.49. The fraction of sp³-hybridized carbons (Fsp3) is 0.375. The van der Waals surface area contributed by atoms with Crippen molar-refractivity contribution in [1.82, 2.24) is 9.78 Å². The van der Waals surface area contributed by atoms with Gasteiger partial charge in [-0.2, -0.15) is 5.10 Å². The standard InChI is InChI=1S/C16H22N4O4.ClH/c1-10(17)16(21)19-13-7-8-18-20(13)9-11-5-6-12(22-2)15(24-4)14(11)23-3;/h5-8,10H,9,17H2,1-4H3,(H,19,21);1H/t10-;/m0./s1. The van der Waals surface area contributed by atoms with E-state index in [1.54, 1.807) is 51.3 Å². The number of benzene rings is 1. The van der Waals surface area contributed by atoms with Gasteiger partial charge in [-0.3, -0.25) is 4.79 Å². The molecular formula is C16H23ClN4O4. The molecule has 1 atom stereocenters. The molecule has 0 aliphatic rings. The maximum absolute atomic E-state index is 11.8. The first-order chi connectivity index (χ1) is 11.5. The first-order valence-corrected chi connectivity index (χ1v) is 7.37. The Kier molecular flexibility index (Phi) is 7.53. The van der Waals surface area contributed by atoms with Gasteiger partial charge in [0, 0.05) is 11.6 Å². The number of halogens is 1. The minimum absolute atomic E-state index is 0. The van der Waals surface area contributed by atoms with Gasteiger partial charge >= 0.3 is 0 Å². The molecule has 1 aromatic carbocycles. The normalized spacial score (nSPS) is 11.2. The predicted molar refractivity (Wildman–Crippen MR) is 97.0 cm³/mol. The van der Waals surface area contributed by atoms with E-state index in [1.165, 1.54) is 0 Å². The SMILES string of the molecule is COc1ccc(Cn2nccc2NC(=O)[C@H](C)N)c(OC)c1OC.Cl. The number of nitrogens with one attached hydrogen (secondary N) is 1. The molecule has 9 heteroatoms. The molecule has 0 saturated heterocycles. The number of amides is 1. The van der Waals surface area contributed by atoms with Crippen LogP contribution >= 0.6 is 12.4 Å². The number of carbonyl (C=O) groups is 1. The van der Waals surface area contributed by atoms with E-state index in [0.29, 0.717) is 29.6 Å². The Morgan fingerprint density at radius 3 is 2.44 bits per heavy atom. The van der Waals surface area contributed by atoms with Crippen LogP contribution in [0, 0.1) is 0 Å². The van der Waals surface area contributed by atoms with Crippen molar-refractivity contribution in [1.29, 1.82) is 0 Å². The average Bonchev–Trinajstić information content (AvgIpc) is 3.00. The molecule has 3 N–H and O–H groups in total. The van der Waals surface area contributed by atoms with E-state index in [1.807, 2.05) is 6.07 Å². The van der Waals surface area contributed by atoms with E-state index in [2.05, 4.69) is 10.4 Å². The van der Waals surface area contributed by atoms with Crippen LogP contribution in [-0.2, 0) is 11.3 Å². The molecule has 138 valence electrons. The maximum Gasteiger partial charge on any atom is 0.242 e. The lowest BCUT2D eigenvalue weighted by atomic mass is 10.1. The molecule has 2 rings (SSSR count). The highest BCUT2D eigenvalue weighted by molar-refractivity contribution is 5.93. The Bertz CT molecular complexity index is 718. The van der Waals surface area contributed by atoms with Crippen LogP contribution in [-0.4, -0.2) is 43.1 Å². The Morgan fingerprint density at radius 2 is 1.88 bits per heavy atom. The molecule has 25 heavy (non-hydrogen) atoms. The van der Waals surface area contributed by atoms with Gasteiger partial charge < -0.3 is 25.3 Å². The van der Waals surface area contributed by atoms with Gasteiger partial charge in [-0.25, -0.2) is 4.68 Å². The van der Waals surface area contributed by atoms with Crippen molar-refractivity contribution >= 4 is 24.1 Å². The van der Waals surface area contributed by atoms with E-state index in [0.717, 1.165) is 5.56 Å². The lowest BCUT2D eigenvalue weighted by Crippen LogP contribution is -2.33. The molecule has 8 nitrogen and oxygen atoms in total. The molecular weight excluding hydrogens is 348 g/mol. The van der Waals surface area contributed by atoms with Gasteiger partial charge in [0.05, 0.1) is 40.1 Å². The highest BCUT2D eigenvalue weighted by Crippen LogP contribution is 2.40. The number of hydrogen-bond donors (Lipinski definition) is 2. The molecule has 0 radical (unpaired) electrons. The third-order valence-electron chi connectivity index (χ3n) is 3.49. The van der Waals surface area contributed by atoms with Gasteiger partial charge in [0.15, 0.2) is 11.5 Å². The zero-order valence-electron chi connectivity index (χ0n) is 14.6. The number of nitrogens with zero attached hydrogens (tertiary/aromatic N) is 2. The minimum atomic E-state index is -0.607. The van der Waals surface area contributed by atoms with Gasteiger partial charge in [-0.05, 0) is 19.1 Å². The quantitative estimate of drug-likeness (QED) is 0.768. The number of methoxy groups -OCH3 is 3. The number of hydrogen-bond acceptors (Lipinski definition) is 6. The second-order valence-corrected chi connectivity index (χ2v) is 5.15. The van der Waals surface area contributed by atoms with Crippen molar-refractivity contribution in [2.75, 3.05) is 26.6 Å². The zero-order chi connectivity index (χ0) is 17.7. The molecule has 0 unspecified atom stereocenters. The van der Waals surface area contributed by atoms with Gasteiger partial charge in [0.1, 0.15) is 5.82 Å². The van der Waals surface area contributed by atoms with E-state index in [-0.39, 0.29) is 18.3 Å². The first-order valence-electron chi connectivity index (χ1n) is 7.37. The van der Waals surface area contributed by atoms with Gasteiger partial charge in [-0.1, -0.05) is 0 Å². The van der Waals surface area contributed by atoms with E-state index >= 15 is 0 Å². The van der Waals surface area contributed by atoms with Crippen LogP contribution in [0.3, 0.4) is 0 Å². The summed E-state index contributed by atoms with van der Waals surface area (Å²) in [6.07, 6.45) is 1.60. The van der Waals surface area contributed by atoms with Crippen LogP contribution in [0.25, 0.3) is 0 Å². The number of aromatic nitrogens is 2. The summed E-state index contributed by atoms with van der Waals surface area (Å²) in [7, 11) is 4.67. The molecule has 0 saturated carbocycles. The van der Waals surface area contributed by atoms with E-state index in [4.69, 9.17) is 19.9 Å². The third kappa shape index (κ3) is 4.55. The molecule has 1 amide bonds. The van der Waals surface area contributed by atoms with Crippen molar-refractivity contribution in [3.05, 3.63) is 30.0 Å². The molecule has 0 spiro atoms. The van der Waals surface area contributed by atoms with Crippen LogP contribution in [0.4, 0.5) is 5.82 Å². The maximum atomic E-state index is 11.8. The fourth-order valence-electron chi connectivity index (χ4n) is 2.25. The Morgan fingerprint density at radius 1 is 1.20 bits per heavy atom. The van der Waals surface area contributed by atoms with E-state index < -0.39 is 6.04 Å². The summed E-state index contributed by atoms with van der Waals surface area (Å²) < 4.78 is 17.8. The number of nitrogens with two attached hydrogens (primary N) is 1. The minimum Gasteiger partial charge on any atom is -0.493 e. The lowest BCUT2D eigenvalue weighted by molar-refractivity contribution is -0.117. The summed E-state index contributed by atoms with van der Waals surface area (Å²) in [4.78, 5) is 11.8. The number of rotatable bonds is 7. The Labute approximate surface area is 152 Å². The van der Waals surface area contributed by atoms with Gasteiger partial charge in [-0.15, -0.1) is 12.4 Å². The Balaban J connectivity index is 0.00000312. The molecule has 2 aromatic rings. The highest BCUT2D eigenvalue weighted by atomic mass is 35.5. The summed E-state index contributed by atoms with van der Waals surface area (Å²) in [5.41, 5.74) is 6.41. The van der Waals surface area contributed by atoms with Crippen LogP contribution in [0.2, 0.25) is 0 Å². The summed E-state index contributed by atoms with van der Waals surface area (Å²) in [6, 6.07) is 4.75. The van der Waals surface area contributed by atoms with Gasteiger partial charge in [0.25, 0.3) is 0 Å². The molecule has 0 bridgehead atoms. The number of ether oxygens (including phenoxy) is 3. The topological polar surface area (TPSA) is 101 Å². The Hall–Kier alpha value is -2.45. The van der Waals surface area contributed by atoms with Crippen molar-refractivity contribution in [3.63, 3.8) is 0 Å². The van der Waals surface area contributed by atoms with Crippen LogP contribution in [0.15, 0.2) is 24.4 Å². The molecule has 0 aliphatic heterocycles. The number of carbonyl (C=O) groups excluding carboxylic acids is 1. The van der Waals surface area contributed by atoms with Crippen LogP contribution < -0.4 is 25.3 Å². The molecule has 1 aromatic heterocycles. The summed E-state index contributed by atoms with van der Waals surface area (Å²) in [6.45, 7) is 2.00. The predicted octanol–water partition coefficient (Wildman–Crippen LogP) is 1.66. The van der Waals surface area contributed by atoms with Crippen molar-refractivity contribution in [2.45, 2.75) is 19.5 Å². The lowest BCUT2D eigenvalue weighted by Gasteiger charge is -2.17. The van der Waals surface area contributed by atoms with Crippen molar-refractivity contribution in [2.24, 2.45) is 5.73 Å². The zero-order valence-corrected chi connectivity index (χ0v) is 15.4. The smallest absolute Gasteiger partial charge is 0.242 e. The van der Waals surface area contributed by atoms with Crippen LogP contribution in [0.5, 0.6) is 17.2 Å². The molecule has 0 aliphatic carbocycles. The monoisotopic (exact) mass is 370 g/mol. The second-order valence-electron chi connectivity index (χ2n) is 5.15. The summed E-state index contributed by atoms with van der Waals surface area (Å²) in [5.74, 6) is 1.90. The highest BCUT2D eigenvalue weighted by Gasteiger charge is 2.18. The molecule has 1 heterocycles. The largest absolute Gasteiger partial charge is 0.493 e. The average molecular weight is 371 g/mol. The van der Waals surface area contributed by atoms with Crippen LogP contribution in [0.1, 0.15) is 12.5 Å². The van der Waals surface area contributed by atoms with Gasteiger partial charge in [0.2, 0.25) is 11.7 Å². The number of anilines is 1. The van der Waals surface area contributed by atoms with Crippen molar-refractivity contribution < 1.29 is 19.0 Å². The fourth-order valence-corrected chi connectivity index (χ4v) is 2.25. The summed E-state index contributed by atoms with van der Waals surface area (Å²) in [5, 5.41) is 6.97. The second kappa shape index (κ2) is 9.14.